The van der Waals surface area contributed by atoms with E-state index in [0.29, 0.717) is 25.9 Å². The molecule has 0 aromatic heterocycles. The highest BCUT2D eigenvalue weighted by molar-refractivity contribution is 5.76. The standard InChI is InChI=1S/C72H141NO5/c1-3-5-7-9-11-13-15-16-17-18-32-35-38-41-45-48-52-56-60-64-70(75)69(68-74)73-71(76)65-61-57-53-49-46-42-39-36-33-30-28-26-24-22-20-19-21-23-25-27-29-31-34-37-40-43-47-51-55-59-63-67-78-72(77)66-62-58-54-50-44-14-12-10-8-6-4-2/h21,23,69-70,74-75H,3-20,22,24-68H2,1-2H3,(H,73,76)/b23-21-. The van der Waals surface area contributed by atoms with Gasteiger partial charge in [0, 0.05) is 12.8 Å². The van der Waals surface area contributed by atoms with Crippen molar-refractivity contribution in [2.24, 2.45) is 0 Å². The topological polar surface area (TPSA) is 95.9 Å². The lowest BCUT2D eigenvalue weighted by Gasteiger charge is -2.22. The minimum atomic E-state index is -0.663. The highest BCUT2D eigenvalue weighted by Gasteiger charge is 2.20. The third kappa shape index (κ3) is 63.8. The van der Waals surface area contributed by atoms with Gasteiger partial charge in [0.1, 0.15) is 0 Å². The van der Waals surface area contributed by atoms with E-state index in [1.165, 1.54) is 340 Å². The summed E-state index contributed by atoms with van der Waals surface area (Å²) < 4.78 is 5.48. The van der Waals surface area contributed by atoms with Gasteiger partial charge < -0.3 is 20.3 Å². The first-order valence-corrected chi connectivity index (χ1v) is 35.9. The Hall–Kier alpha value is -1.40. The molecule has 0 aliphatic rings. The second kappa shape index (κ2) is 68.1. The van der Waals surface area contributed by atoms with Crippen molar-refractivity contribution in [3.8, 4) is 0 Å². The van der Waals surface area contributed by atoms with Crippen LogP contribution in [0.4, 0.5) is 0 Å². The average Bonchev–Trinajstić information content (AvgIpc) is 3.44. The molecule has 0 saturated carbocycles. The van der Waals surface area contributed by atoms with Crippen LogP contribution < -0.4 is 5.32 Å². The SMILES string of the molecule is CCCCCCCCCCCCCCCCCCCCCC(O)C(CO)NC(=O)CCCCCCCCCCCCCCCCC/C=C\CCCCCCCCCCCCCCOC(=O)CCCCCCCCCCCCC. The van der Waals surface area contributed by atoms with E-state index in [-0.39, 0.29) is 18.5 Å². The molecule has 0 radical (unpaired) electrons. The van der Waals surface area contributed by atoms with Crippen molar-refractivity contribution in [1.82, 2.24) is 5.32 Å². The highest BCUT2D eigenvalue weighted by atomic mass is 16.5. The zero-order chi connectivity index (χ0) is 56.4. The van der Waals surface area contributed by atoms with E-state index in [4.69, 9.17) is 4.74 Å². The molecule has 0 aromatic rings. The van der Waals surface area contributed by atoms with Gasteiger partial charge in [-0.05, 0) is 51.4 Å². The molecule has 0 rings (SSSR count). The van der Waals surface area contributed by atoms with Gasteiger partial charge in [-0.3, -0.25) is 9.59 Å². The van der Waals surface area contributed by atoms with Crippen LogP contribution in [0, 0.1) is 0 Å². The number of hydrogen-bond acceptors (Lipinski definition) is 5. The Morgan fingerprint density at radius 3 is 0.910 bits per heavy atom. The van der Waals surface area contributed by atoms with Crippen LogP contribution in [0.5, 0.6) is 0 Å². The average molecular weight is 1100 g/mol. The van der Waals surface area contributed by atoms with E-state index in [0.717, 1.165) is 38.5 Å². The summed E-state index contributed by atoms with van der Waals surface area (Å²) in [6.07, 6.45) is 84.1. The van der Waals surface area contributed by atoms with Gasteiger partial charge in [0.25, 0.3) is 0 Å². The minimum absolute atomic E-state index is 0.0183. The Morgan fingerprint density at radius 2 is 0.603 bits per heavy atom. The smallest absolute Gasteiger partial charge is 0.305 e. The van der Waals surface area contributed by atoms with E-state index in [2.05, 4.69) is 31.3 Å². The predicted molar refractivity (Wildman–Crippen MR) is 343 cm³/mol. The van der Waals surface area contributed by atoms with Crippen molar-refractivity contribution in [3.05, 3.63) is 12.2 Å². The fraction of sp³-hybridized carbons (Fsp3) is 0.944. The van der Waals surface area contributed by atoms with Crippen LogP contribution in [0.3, 0.4) is 0 Å². The van der Waals surface area contributed by atoms with Crippen LogP contribution in [0.15, 0.2) is 12.2 Å². The fourth-order valence-corrected chi connectivity index (χ4v) is 11.6. The molecule has 3 N–H and O–H groups in total. The van der Waals surface area contributed by atoms with Gasteiger partial charge in [-0.1, -0.05) is 360 Å². The third-order valence-corrected chi connectivity index (χ3v) is 17.1. The molecule has 78 heavy (non-hydrogen) atoms. The van der Waals surface area contributed by atoms with Crippen molar-refractivity contribution in [2.45, 2.75) is 424 Å². The molecule has 0 spiro atoms. The molecular weight excluding hydrogens is 959 g/mol. The van der Waals surface area contributed by atoms with Gasteiger partial charge in [-0.25, -0.2) is 0 Å². The summed E-state index contributed by atoms with van der Waals surface area (Å²) in [6.45, 7) is 4.99. The van der Waals surface area contributed by atoms with Crippen LogP contribution in [0.2, 0.25) is 0 Å². The summed E-state index contributed by atoms with van der Waals surface area (Å²) in [5.41, 5.74) is 0. The number of unbranched alkanes of at least 4 members (excludes halogenated alkanes) is 55. The maximum absolute atomic E-state index is 12.5. The summed E-state index contributed by atoms with van der Waals surface area (Å²) in [5.74, 6) is -0.00994. The Bertz CT molecular complexity index is 1180. The normalized spacial score (nSPS) is 12.5. The van der Waals surface area contributed by atoms with Crippen LogP contribution in [-0.4, -0.2) is 47.4 Å². The zero-order valence-electron chi connectivity index (χ0n) is 53.2. The number of amides is 1. The van der Waals surface area contributed by atoms with Crippen molar-refractivity contribution in [2.75, 3.05) is 13.2 Å². The number of carbonyl (C=O) groups is 2. The van der Waals surface area contributed by atoms with Crippen LogP contribution in [-0.2, 0) is 14.3 Å². The molecule has 0 heterocycles. The van der Waals surface area contributed by atoms with Crippen molar-refractivity contribution >= 4 is 11.9 Å². The lowest BCUT2D eigenvalue weighted by Crippen LogP contribution is -2.45. The third-order valence-electron chi connectivity index (χ3n) is 17.1. The summed E-state index contributed by atoms with van der Waals surface area (Å²) >= 11 is 0. The van der Waals surface area contributed by atoms with Crippen LogP contribution in [0.1, 0.15) is 412 Å². The number of nitrogens with one attached hydrogen (secondary N) is 1. The number of rotatable bonds is 68. The van der Waals surface area contributed by atoms with Gasteiger partial charge in [-0.2, -0.15) is 0 Å². The monoisotopic (exact) mass is 1100 g/mol. The molecule has 1 amide bonds. The molecule has 0 aliphatic carbocycles. The van der Waals surface area contributed by atoms with Gasteiger partial charge >= 0.3 is 5.97 Å². The van der Waals surface area contributed by atoms with Crippen molar-refractivity contribution in [3.63, 3.8) is 0 Å². The zero-order valence-corrected chi connectivity index (χ0v) is 53.2. The number of carbonyl (C=O) groups excluding carboxylic acids is 2. The number of aliphatic hydroxyl groups excluding tert-OH is 2. The van der Waals surface area contributed by atoms with Gasteiger partial charge in [0.05, 0.1) is 25.4 Å². The number of aliphatic hydroxyl groups is 2. The lowest BCUT2D eigenvalue weighted by atomic mass is 10.0. The first-order chi connectivity index (χ1) is 38.5. The van der Waals surface area contributed by atoms with Gasteiger partial charge in [0.15, 0.2) is 0 Å². The quantitative estimate of drug-likeness (QED) is 0.0320. The minimum Gasteiger partial charge on any atom is -0.466 e. The number of allylic oxidation sites excluding steroid dienone is 2. The first-order valence-electron chi connectivity index (χ1n) is 35.9. The van der Waals surface area contributed by atoms with Crippen LogP contribution in [0.25, 0.3) is 0 Å². The molecule has 0 aromatic carbocycles. The summed E-state index contributed by atoms with van der Waals surface area (Å²) in [6, 6.07) is -0.540. The Morgan fingerprint density at radius 1 is 0.346 bits per heavy atom. The van der Waals surface area contributed by atoms with E-state index in [1.54, 1.807) is 0 Å². The predicted octanol–water partition coefficient (Wildman–Crippen LogP) is 23.1. The van der Waals surface area contributed by atoms with E-state index in [1.807, 2.05) is 0 Å². The molecule has 0 aliphatic heterocycles. The van der Waals surface area contributed by atoms with Crippen molar-refractivity contribution < 1.29 is 24.5 Å². The molecule has 0 fully saturated rings. The van der Waals surface area contributed by atoms with E-state index < -0.39 is 12.1 Å². The molecule has 6 nitrogen and oxygen atoms in total. The van der Waals surface area contributed by atoms with Crippen molar-refractivity contribution in [1.29, 1.82) is 0 Å². The summed E-state index contributed by atoms with van der Waals surface area (Å²) in [5, 5.41) is 23.4. The van der Waals surface area contributed by atoms with Gasteiger partial charge in [-0.15, -0.1) is 0 Å². The van der Waals surface area contributed by atoms with Crippen LogP contribution >= 0.6 is 0 Å². The largest absolute Gasteiger partial charge is 0.466 e. The molecule has 0 bridgehead atoms. The summed E-state index contributed by atoms with van der Waals surface area (Å²) in [4.78, 5) is 24.5. The molecule has 0 saturated heterocycles. The molecular formula is C72H141NO5. The molecule has 6 heteroatoms. The van der Waals surface area contributed by atoms with E-state index in [9.17, 15) is 19.8 Å². The molecule has 2 unspecified atom stereocenters. The Balaban J connectivity index is 3.36. The Labute approximate surface area is 489 Å². The summed E-state index contributed by atoms with van der Waals surface area (Å²) in [7, 11) is 0. The molecule has 464 valence electrons. The number of esters is 1. The number of ether oxygens (including phenoxy) is 1. The van der Waals surface area contributed by atoms with E-state index >= 15 is 0 Å². The first kappa shape index (κ1) is 76.6. The molecule has 2 atom stereocenters. The number of hydrogen-bond donors (Lipinski definition) is 3. The fourth-order valence-electron chi connectivity index (χ4n) is 11.6. The second-order valence-electron chi connectivity index (χ2n) is 24.9. The lowest BCUT2D eigenvalue weighted by molar-refractivity contribution is -0.143. The van der Waals surface area contributed by atoms with Gasteiger partial charge in [0.2, 0.25) is 5.91 Å². The second-order valence-corrected chi connectivity index (χ2v) is 24.9. The Kier molecular flexibility index (Phi) is 66.9. The maximum Gasteiger partial charge on any atom is 0.305 e. The highest BCUT2D eigenvalue weighted by Crippen LogP contribution is 2.19. The maximum atomic E-state index is 12.5.